The van der Waals surface area contributed by atoms with Gasteiger partial charge in [-0.2, -0.15) is 5.10 Å². The Balaban J connectivity index is 1.36. The van der Waals surface area contributed by atoms with E-state index < -0.39 is 16.3 Å². The largest absolute Gasteiger partial charge is 0.392 e. The van der Waals surface area contributed by atoms with Crippen LogP contribution in [0.2, 0.25) is 0 Å². The van der Waals surface area contributed by atoms with Crippen LogP contribution in [0.1, 0.15) is 36.0 Å². The molecule has 4 aromatic rings. The van der Waals surface area contributed by atoms with Crippen molar-refractivity contribution >= 4 is 27.5 Å². The summed E-state index contributed by atoms with van der Waals surface area (Å²) >= 11 is 1.53. The van der Waals surface area contributed by atoms with E-state index in [1.165, 1.54) is 18.1 Å². The number of rotatable bonds is 9. The van der Waals surface area contributed by atoms with E-state index >= 15 is 0 Å². The van der Waals surface area contributed by atoms with Crippen LogP contribution >= 0.6 is 11.8 Å². The van der Waals surface area contributed by atoms with Crippen LogP contribution < -0.4 is 4.72 Å². The highest BCUT2D eigenvalue weighted by molar-refractivity contribution is 7.99. The Morgan fingerprint density at radius 2 is 1.68 bits per heavy atom. The van der Waals surface area contributed by atoms with Crippen LogP contribution in [0.15, 0.2) is 95.2 Å². The third-order valence-electron chi connectivity index (χ3n) is 6.39. The topological polar surface area (TPSA) is 126 Å². The lowest BCUT2D eigenvalue weighted by molar-refractivity contribution is -0.268. The summed E-state index contributed by atoms with van der Waals surface area (Å²) < 4.78 is 40.9. The molecule has 0 saturated carbocycles. The van der Waals surface area contributed by atoms with Gasteiger partial charge >= 0.3 is 0 Å². The van der Waals surface area contributed by atoms with E-state index in [0.29, 0.717) is 16.6 Å². The summed E-state index contributed by atoms with van der Waals surface area (Å²) in [6, 6.07) is 22.9. The van der Waals surface area contributed by atoms with Crippen LogP contribution in [0.25, 0.3) is 0 Å². The second-order valence-electron chi connectivity index (χ2n) is 8.96. The van der Waals surface area contributed by atoms with Gasteiger partial charge in [0, 0.05) is 22.9 Å². The molecule has 0 amide bonds. The number of thioether (sulfide) groups is 1. The van der Waals surface area contributed by atoms with Gasteiger partial charge in [-0.25, -0.2) is 13.4 Å². The minimum Gasteiger partial charge on any atom is -0.392 e. The quantitative estimate of drug-likeness (QED) is 0.256. The molecule has 0 radical (unpaired) electrons. The predicted molar refractivity (Wildman–Crippen MR) is 144 cm³/mol. The van der Waals surface area contributed by atoms with Gasteiger partial charge in [0.1, 0.15) is 6.33 Å². The first-order valence-electron chi connectivity index (χ1n) is 12.1. The molecule has 38 heavy (non-hydrogen) atoms. The van der Waals surface area contributed by atoms with Crippen LogP contribution in [0.3, 0.4) is 0 Å². The fourth-order valence-corrected chi connectivity index (χ4v) is 6.28. The summed E-state index contributed by atoms with van der Waals surface area (Å²) in [5.74, 6) is 0.662. The van der Waals surface area contributed by atoms with Gasteiger partial charge in [0.25, 0.3) is 10.0 Å². The Bertz CT molecular complexity index is 1420. The molecule has 1 fully saturated rings. The van der Waals surface area contributed by atoms with Crippen LogP contribution in [-0.2, 0) is 26.1 Å². The molecule has 3 aromatic carbocycles. The Labute approximate surface area is 225 Å². The molecule has 5 rings (SSSR count). The monoisotopic (exact) mass is 552 g/mol. The van der Waals surface area contributed by atoms with Crippen molar-refractivity contribution in [2.75, 3.05) is 10.5 Å². The maximum absolute atomic E-state index is 12.7. The summed E-state index contributed by atoms with van der Waals surface area (Å²) in [6.07, 6.45) is 0.396. The van der Waals surface area contributed by atoms with E-state index in [0.717, 1.165) is 16.7 Å². The minimum atomic E-state index is -3.69. The van der Waals surface area contributed by atoms with Crippen molar-refractivity contribution in [3.05, 3.63) is 102 Å². The van der Waals surface area contributed by atoms with E-state index in [2.05, 4.69) is 26.8 Å². The maximum atomic E-state index is 12.7. The number of benzene rings is 3. The minimum absolute atomic E-state index is 0.0239. The number of anilines is 1. The first-order valence-corrected chi connectivity index (χ1v) is 14.6. The molecule has 4 atom stereocenters. The Morgan fingerprint density at radius 1 is 0.974 bits per heavy atom. The molecule has 0 unspecified atom stereocenters. The first kappa shape index (κ1) is 26.4. The molecular formula is C27H28N4O5S2. The highest BCUT2D eigenvalue weighted by atomic mass is 32.2. The van der Waals surface area contributed by atoms with E-state index in [1.54, 1.807) is 54.6 Å². The van der Waals surface area contributed by atoms with Gasteiger partial charge in [0.2, 0.25) is 0 Å². The second-order valence-corrected chi connectivity index (χ2v) is 11.7. The van der Waals surface area contributed by atoms with Gasteiger partial charge in [-0.3, -0.25) is 9.82 Å². The van der Waals surface area contributed by atoms with Crippen molar-refractivity contribution in [3.63, 3.8) is 0 Å². The average Bonchev–Trinajstić information content (AvgIpc) is 3.47. The molecule has 198 valence electrons. The third-order valence-corrected chi connectivity index (χ3v) is 8.75. The van der Waals surface area contributed by atoms with Gasteiger partial charge in [-0.05, 0) is 35.4 Å². The molecule has 11 heteroatoms. The number of aromatic nitrogens is 3. The maximum Gasteiger partial charge on any atom is 0.261 e. The van der Waals surface area contributed by atoms with Crippen molar-refractivity contribution in [1.29, 1.82) is 0 Å². The highest BCUT2D eigenvalue weighted by Crippen LogP contribution is 2.43. The SMILES string of the molecule is C[C@@H]1[C@H](CSc2ncn[nH]2)O[C@H](c2ccc(NS(=O)(=O)c3ccccc3)cc2)O[C@@H]1c1ccc(CO)cc1. The van der Waals surface area contributed by atoms with Gasteiger partial charge in [-0.15, -0.1) is 0 Å². The fourth-order valence-electron chi connectivity index (χ4n) is 4.26. The molecule has 3 N–H and O–H groups in total. The second kappa shape index (κ2) is 11.7. The van der Waals surface area contributed by atoms with Crippen LogP contribution in [0.4, 0.5) is 5.69 Å². The smallest absolute Gasteiger partial charge is 0.261 e. The number of sulfonamides is 1. The molecule has 1 aliphatic heterocycles. The van der Waals surface area contributed by atoms with Crippen molar-refractivity contribution in [2.24, 2.45) is 5.92 Å². The number of aliphatic hydroxyl groups is 1. The Morgan fingerprint density at radius 3 is 2.34 bits per heavy atom. The van der Waals surface area contributed by atoms with Gasteiger partial charge in [-0.1, -0.05) is 73.3 Å². The van der Waals surface area contributed by atoms with Crippen LogP contribution in [-0.4, -0.2) is 40.6 Å². The number of hydrogen-bond donors (Lipinski definition) is 3. The van der Waals surface area contributed by atoms with Crippen molar-refractivity contribution in [2.45, 2.75) is 42.1 Å². The van der Waals surface area contributed by atoms with E-state index in [9.17, 15) is 13.5 Å². The number of ether oxygens (including phenoxy) is 2. The molecule has 0 aliphatic carbocycles. The summed E-state index contributed by atoms with van der Waals surface area (Å²) in [5, 5.41) is 16.9. The summed E-state index contributed by atoms with van der Waals surface area (Å²) in [4.78, 5) is 4.38. The number of nitrogens with one attached hydrogen (secondary N) is 2. The molecule has 2 heterocycles. The van der Waals surface area contributed by atoms with Crippen molar-refractivity contribution < 1.29 is 23.0 Å². The standard InChI is InChI=1S/C27H28N4O5S2/c1-18-24(16-37-27-28-17-29-30-27)35-26(36-25(18)20-9-7-19(15-32)8-10-20)21-11-13-22(14-12-21)31-38(33,34)23-5-3-2-4-6-23/h2-14,17-18,24-26,31-32H,15-16H2,1H3,(H,28,29,30)/t18-,24+,25+,26+/m1/s1. The molecule has 0 spiro atoms. The zero-order valence-electron chi connectivity index (χ0n) is 20.6. The first-order chi connectivity index (χ1) is 18.4. The van der Waals surface area contributed by atoms with Gasteiger partial charge in [0.05, 0.1) is 23.7 Å². The third kappa shape index (κ3) is 6.08. The molecular weight excluding hydrogens is 524 g/mol. The molecule has 1 aromatic heterocycles. The summed E-state index contributed by atoms with van der Waals surface area (Å²) in [6.45, 7) is 2.07. The van der Waals surface area contributed by atoms with Crippen molar-refractivity contribution in [1.82, 2.24) is 15.2 Å². The predicted octanol–water partition coefficient (Wildman–Crippen LogP) is 4.68. The normalized spacial score (nSPS) is 21.7. The summed E-state index contributed by atoms with van der Waals surface area (Å²) in [7, 11) is -3.69. The van der Waals surface area contributed by atoms with Gasteiger partial charge in [0.15, 0.2) is 11.4 Å². The number of aromatic amines is 1. The number of nitrogens with zero attached hydrogens (tertiary/aromatic N) is 2. The van der Waals surface area contributed by atoms with E-state index in [-0.39, 0.29) is 29.6 Å². The zero-order valence-corrected chi connectivity index (χ0v) is 22.2. The lowest BCUT2D eigenvalue weighted by atomic mass is 9.91. The van der Waals surface area contributed by atoms with Crippen LogP contribution in [0.5, 0.6) is 0 Å². The lowest BCUT2D eigenvalue weighted by Crippen LogP contribution is -2.38. The van der Waals surface area contributed by atoms with E-state index in [1.807, 2.05) is 24.3 Å². The molecule has 1 aliphatic rings. The Hall–Kier alpha value is -3.22. The molecule has 1 saturated heterocycles. The zero-order chi connectivity index (χ0) is 26.5. The highest BCUT2D eigenvalue weighted by Gasteiger charge is 2.38. The lowest BCUT2D eigenvalue weighted by Gasteiger charge is -2.41. The summed E-state index contributed by atoms with van der Waals surface area (Å²) in [5.41, 5.74) is 3.03. The average molecular weight is 553 g/mol. The number of H-pyrrole nitrogens is 1. The molecule has 9 nitrogen and oxygen atoms in total. The van der Waals surface area contributed by atoms with E-state index in [4.69, 9.17) is 9.47 Å². The van der Waals surface area contributed by atoms with Gasteiger partial charge < -0.3 is 14.6 Å². The van der Waals surface area contributed by atoms with Crippen LogP contribution in [0, 0.1) is 5.92 Å². The number of hydrogen-bond acceptors (Lipinski definition) is 8. The van der Waals surface area contributed by atoms with Crippen molar-refractivity contribution in [3.8, 4) is 0 Å². The Kier molecular flexibility index (Phi) is 8.10. The fraction of sp³-hybridized carbons (Fsp3) is 0.259. The molecule has 0 bridgehead atoms. The number of aliphatic hydroxyl groups excluding tert-OH is 1.